The fraction of sp³-hybridized carbons (Fsp3) is 0.143. The molecule has 0 fully saturated rings. The van der Waals surface area contributed by atoms with Crippen molar-refractivity contribution in [3.8, 4) is 0 Å². The molecule has 0 amide bonds. The van der Waals surface area contributed by atoms with Crippen LogP contribution in [0.25, 0.3) is 0 Å². The van der Waals surface area contributed by atoms with Crippen LogP contribution < -0.4 is 0 Å². The fourth-order valence-electron chi connectivity index (χ4n) is 1.58. The van der Waals surface area contributed by atoms with Crippen LogP contribution in [0.4, 0.5) is 4.39 Å². The second kappa shape index (κ2) is 5.27. The standard InChI is InChI=1S/C14H11ClFNO/c1-9-5-6-10(17-8-9)7-13(18)11-3-2-4-12(15)14(11)16/h2-6,8H,7H2,1H3. The van der Waals surface area contributed by atoms with Crippen molar-refractivity contribution < 1.29 is 9.18 Å². The van der Waals surface area contributed by atoms with E-state index in [9.17, 15) is 9.18 Å². The minimum atomic E-state index is -0.670. The zero-order valence-electron chi connectivity index (χ0n) is 9.78. The second-order valence-corrected chi connectivity index (χ2v) is 4.44. The van der Waals surface area contributed by atoms with Crippen molar-refractivity contribution in [1.29, 1.82) is 0 Å². The zero-order valence-corrected chi connectivity index (χ0v) is 10.5. The summed E-state index contributed by atoms with van der Waals surface area (Å²) in [6.07, 6.45) is 1.74. The van der Waals surface area contributed by atoms with Crippen LogP contribution in [0, 0.1) is 12.7 Å². The highest BCUT2D eigenvalue weighted by Crippen LogP contribution is 2.19. The number of aromatic nitrogens is 1. The summed E-state index contributed by atoms with van der Waals surface area (Å²) in [5.74, 6) is -0.998. The third-order valence-electron chi connectivity index (χ3n) is 2.57. The number of ketones is 1. The van der Waals surface area contributed by atoms with Gasteiger partial charge in [-0.3, -0.25) is 9.78 Å². The molecule has 0 saturated carbocycles. The highest BCUT2D eigenvalue weighted by Gasteiger charge is 2.14. The number of aryl methyl sites for hydroxylation is 1. The number of benzene rings is 1. The van der Waals surface area contributed by atoms with Crippen molar-refractivity contribution in [2.75, 3.05) is 0 Å². The normalized spacial score (nSPS) is 10.4. The summed E-state index contributed by atoms with van der Waals surface area (Å²) in [5, 5.41) is -0.0438. The maximum atomic E-state index is 13.6. The largest absolute Gasteiger partial charge is 0.294 e. The third-order valence-corrected chi connectivity index (χ3v) is 2.86. The average Bonchev–Trinajstić information content (AvgIpc) is 2.35. The Bertz CT molecular complexity index is 581. The molecule has 0 bridgehead atoms. The monoisotopic (exact) mass is 263 g/mol. The Hall–Kier alpha value is -1.74. The molecule has 4 heteroatoms. The average molecular weight is 264 g/mol. The molecule has 2 nitrogen and oxygen atoms in total. The van der Waals surface area contributed by atoms with Gasteiger partial charge in [0.2, 0.25) is 0 Å². The van der Waals surface area contributed by atoms with Crippen molar-refractivity contribution in [3.05, 3.63) is 64.2 Å². The van der Waals surface area contributed by atoms with Crippen molar-refractivity contribution in [2.45, 2.75) is 13.3 Å². The molecule has 2 rings (SSSR count). The van der Waals surface area contributed by atoms with Gasteiger partial charge in [-0.2, -0.15) is 0 Å². The topological polar surface area (TPSA) is 30.0 Å². The van der Waals surface area contributed by atoms with Gasteiger partial charge in [0.05, 0.1) is 17.0 Å². The van der Waals surface area contributed by atoms with E-state index in [-0.39, 0.29) is 22.8 Å². The molecule has 0 N–H and O–H groups in total. The number of hydrogen-bond donors (Lipinski definition) is 0. The maximum absolute atomic E-state index is 13.6. The summed E-state index contributed by atoms with van der Waals surface area (Å²) in [6, 6.07) is 8.02. The minimum Gasteiger partial charge on any atom is -0.294 e. The molecule has 1 heterocycles. The van der Waals surface area contributed by atoms with Crippen molar-refractivity contribution >= 4 is 17.4 Å². The van der Waals surface area contributed by atoms with E-state index < -0.39 is 5.82 Å². The van der Waals surface area contributed by atoms with Gasteiger partial charge < -0.3 is 0 Å². The van der Waals surface area contributed by atoms with Crippen LogP contribution in [-0.4, -0.2) is 10.8 Å². The summed E-state index contributed by atoms with van der Waals surface area (Å²) in [7, 11) is 0. The van der Waals surface area contributed by atoms with Gasteiger partial charge in [0.15, 0.2) is 11.6 Å². The summed E-state index contributed by atoms with van der Waals surface area (Å²) in [5.41, 5.74) is 1.63. The number of Topliss-reactive ketones (excluding diaryl/α,β-unsaturated/α-hetero) is 1. The van der Waals surface area contributed by atoms with E-state index in [1.165, 1.54) is 12.1 Å². The molecular weight excluding hydrogens is 253 g/mol. The first-order valence-electron chi connectivity index (χ1n) is 5.46. The molecule has 18 heavy (non-hydrogen) atoms. The predicted molar refractivity (Wildman–Crippen MR) is 68.4 cm³/mol. The zero-order chi connectivity index (χ0) is 13.1. The van der Waals surface area contributed by atoms with Crippen LogP contribution in [0.1, 0.15) is 21.6 Å². The Morgan fingerprint density at radius 3 is 2.78 bits per heavy atom. The Labute approximate surface area is 109 Å². The number of hydrogen-bond acceptors (Lipinski definition) is 2. The Morgan fingerprint density at radius 1 is 1.33 bits per heavy atom. The minimum absolute atomic E-state index is 0.00451. The smallest absolute Gasteiger partial charge is 0.171 e. The number of nitrogens with zero attached hydrogens (tertiary/aromatic N) is 1. The van der Waals surface area contributed by atoms with Gasteiger partial charge in [-0.25, -0.2) is 4.39 Å². The Kier molecular flexibility index (Phi) is 3.72. The quantitative estimate of drug-likeness (QED) is 0.792. The van der Waals surface area contributed by atoms with Gasteiger partial charge >= 0.3 is 0 Å². The lowest BCUT2D eigenvalue weighted by atomic mass is 10.1. The lowest BCUT2D eigenvalue weighted by Crippen LogP contribution is -2.07. The van der Waals surface area contributed by atoms with Crippen molar-refractivity contribution in [3.63, 3.8) is 0 Å². The van der Waals surface area contributed by atoms with E-state index in [0.29, 0.717) is 5.69 Å². The number of halogens is 2. The van der Waals surface area contributed by atoms with Gasteiger partial charge in [-0.1, -0.05) is 23.7 Å². The number of rotatable bonds is 3. The molecular formula is C14H11ClFNO. The molecule has 92 valence electrons. The third kappa shape index (κ3) is 2.74. The lowest BCUT2D eigenvalue weighted by molar-refractivity contribution is 0.0988. The Morgan fingerprint density at radius 2 is 2.11 bits per heavy atom. The van der Waals surface area contributed by atoms with Crippen LogP contribution in [0.3, 0.4) is 0 Å². The van der Waals surface area contributed by atoms with Crippen molar-refractivity contribution in [1.82, 2.24) is 4.98 Å². The molecule has 0 spiro atoms. The number of carbonyl (C=O) groups is 1. The van der Waals surface area contributed by atoms with E-state index in [2.05, 4.69) is 4.98 Å². The molecule has 0 aliphatic heterocycles. The molecule has 0 saturated heterocycles. The lowest BCUT2D eigenvalue weighted by Gasteiger charge is -2.04. The molecule has 0 aliphatic rings. The van der Waals surface area contributed by atoms with Crippen LogP contribution in [0.15, 0.2) is 36.5 Å². The van der Waals surface area contributed by atoms with Gasteiger partial charge in [-0.05, 0) is 30.7 Å². The van der Waals surface area contributed by atoms with E-state index in [0.717, 1.165) is 5.56 Å². The summed E-state index contributed by atoms with van der Waals surface area (Å²) in [6.45, 7) is 1.91. The Balaban J connectivity index is 2.22. The molecule has 2 aromatic rings. The van der Waals surface area contributed by atoms with E-state index in [1.807, 2.05) is 13.0 Å². The SMILES string of the molecule is Cc1ccc(CC(=O)c2cccc(Cl)c2F)nc1. The second-order valence-electron chi connectivity index (χ2n) is 4.03. The summed E-state index contributed by atoms with van der Waals surface area (Å²) < 4.78 is 13.6. The molecule has 1 aromatic heterocycles. The van der Waals surface area contributed by atoms with E-state index in [1.54, 1.807) is 18.3 Å². The van der Waals surface area contributed by atoms with E-state index >= 15 is 0 Å². The first kappa shape index (κ1) is 12.7. The van der Waals surface area contributed by atoms with Gasteiger partial charge in [0, 0.05) is 11.9 Å². The maximum Gasteiger partial charge on any atom is 0.171 e. The first-order chi connectivity index (χ1) is 8.58. The van der Waals surface area contributed by atoms with Gasteiger partial charge in [-0.15, -0.1) is 0 Å². The summed E-state index contributed by atoms with van der Waals surface area (Å²) >= 11 is 5.64. The summed E-state index contributed by atoms with van der Waals surface area (Å²) in [4.78, 5) is 16.1. The predicted octanol–water partition coefficient (Wildman–Crippen LogP) is 3.61. The van der Waals surface area contributed by atoms with Crippen LogP contribution >= 0.6 is 11.6 Å². The van der Waals surface area contributed by atoms with E-state index in [4.69, 9.17) is 11.6 Å². The highest BCUT2D eigenvalue weighted by molar-refractivity contribution is 6.31. The van der Waals surface area contributed by atoms with Crippen molar-refractivity contribution in [2.24, 2.45) is 0 Å². The number of pyridine rings is 1. The molecule has 0 radical (unpaired) electrons. The molecule has 0 aliphatic carbocycles. The van der Waals surface area contributed by atoms with Crippen LogP contribution in [0.2, 0.25) is 5.02 Å². The number of carbonyl (C=O) groups excluding carboxylic acids is 1. The molecule has 0 unspecified atom stereocenters. The molecule has 0 atom stereocenters. The van der Waals surface area contributed by atoms with Gasteiger partial charge in [0.1, 0.15) is 0 Å². The fourth-order valence-corrected chi connectivity index (χ4v) is 1.76. The van der Waals surface area contributed by atoms with Crippen LogP contribution in [0.5, 0.6) is 0 Å². The first-order valence-corrected chi connectivity index (χ1v) is 5.84. The van der Waals surface area contributed by atoms with Gasteiger partial charge in [0.25, 0.3) is 0 Å². The highest BCUT2D eigenvalue weighted by atomic mass is 35.5. The van der Waals surface area contributed by atoms with Crippen LogP contribution in [-0.2, 0) is 6.42 Å². The molecule has 1 aromatic carbocycles.